The van der Waals surface area contributed by atoms with Gasteiger partial charge in [0.2, 0.25) is 0 Å². The molecule has 0 fully saturated rings. The van der Waals surface area contributed by atoms with Crippen molar-refractivity contribution in [3.05, 3.63) is 16.1 Å². The molecular formula is C16H22BrNO4. The van der Waals surface area contributed by atoms with Gasteiger partial charge >= 0.3 is 6.09 Å². The van der Waals surface area contributed by atoms with Crippen LogP contribution in [0.5, 0.6) is 11.5 Å². The molecule has 1 aliphatic rings. The highest BCUT2D eigenvalue weighted by Crippen LogP contribution is 2.51. The lowest BCUT2D eigenvalue weighted by Gasteiger charge is -2.22. The Morgan fingerprint density at radius 3 is 2.59 bits per heavy atom. The first-order valence-electron chi connectivity index (χ1n) is 7.09. The number of carbonyl (C=O) groups excluding carboxylic acids is 1. The summed E-state index contributed by atoms with van der Waals surface area (Å²) < 4.78 is 17.4. The average Bonchev–Trinajstić information content (AvgIpc) is 2.64. The molecule has 0 radical (unpaired) electrons. The van der Waals surface area contributed by atoms with Crippen LogP contribution in [0.25, 0.3) is 0 Å². The zero-order valence-electron chi connectivity index (χ0n) is 13.8. The Hall–Kier alpha value is -1.43. The van der Waals surface area contributed by atoms with Gasteiger partial charge in [-0.3, -0.25) is 5.32 Å². The highest BCUT2D eigenvalue weighted by atomic mass is 79.9. The maximum atomic E-state index is 12.0. The zero-order valence-corrected chi connectivity index (χ0v) is 15.4. The fraction of sp³-hybridized carbons (Fsp3) is 0.562. The van der Waals surface area contributed by atoms with Crippen LogP contribution in [0.4, 0.5) is 10.5 Å². The number of hydrogen-bond donors (Lipinski definition) is 1. The van der Waals surface area contributed by atoms with Crippen molar-refractivity contribution in [2.24, 2.45) is 0 Å². The van der Waals surface area contributed by atoms with Crippen molar-refractivity contribution in [2.75, 3.05) is 19.0 Å². The molecule has 0 aromatic heterocycles. The van der Waals surface area contributed by atoms with E-state index in [4.69, 9.17) is 14.2 Å². The highest BCUT2D eigenvalue weighted by molar-refractivity contribution is 9.10. The lowest BCUT2D eigenvalue weighted by atomic mass is 9.86. The molecule has 0 saturated heterocycles. The summed E-state index contributed by atoms with van der Waals surface area (Å²) in [6, 6.07) is 1.77. The van der Waals surface area contributed by atoms with Crippen molar-refractivity contribution >= 4 is 27.7 Å². The molecule has 1 aromatic rings. The third-order valence-corrected chi connectivity index (χ3v) is 3.87. The summed E-state index contributed by atoms with van der Waals surface area (Å²) in [5.41, 5.74) is 0.754. The molecule has 0 atom stereocenters. The molecule has 1 aromatic carbocycles. The van der Waals surface area contributed by atoms with Crippen LogP contribution in [0.3, 0.4) is 0 Å². The maximum absolute atomic E-state index is 12.0. The van der Waals surface area contributed by atoms with Gasteiger partial charge in [0.25, 0.3) is 0 Å². The number of amides is 1. The summed E-state index contributed by atoms with van der Waals surface area (Å²) in [7, 11) is 1.62. The molecular weight excluding hydrogens is 350 g/mol. The Bertz CT molecular complexity index is 605. The van der Waals surface area contributed by atoms with Gasteiger partial charge in [0.15, 0.2) is 5.75 Å². The van der Waals surface area contributed by atoms with E-state index in [1.54, 1.807) is 13.2 Å². The number of halogens is 1. The summed E-state index contributed by atoms with van der Waals surface area (Å²) in [6.45, 7) is 10.1. The van der Waals surface area contributed by atoms with Gasteiger partial charge in [0.05, 0.1) is 23.9 Å². The number of rotatable bonds is 2. The SMILES string of the molecule is COc1c(Br)cc(NC(=O)OC(C)(C)C)c2c1C(C)(C)CO2. The molecule has 1 heterocycles. The second-order valence-electron chi connectivity index (χ2n) is 6.94. The van der Waals surface area contributed by atoms with E-state index in [9.17, 15) is 4.79 Å². The van der Waals surface area contributed by atoms with Crippen LogP contribution in [0, 0.1) is 0 Å². The molecule has 0 bridgehead atoms. The molecule has 1 amide bonds. The minimum atomic E-state index is -0.558. The third-order valence-electron chi connectivity index (χ3n) is 3.28. The van der Waals surface area contributed by atoms with Gasteiger partial charge in [0, 0.05) is 11.0 Å². The van der Waals surface area contributed by atoms with Crippen molar-refractivity contribution in [3.63, 3.8) is 0 Å². The number of benzene rings is 1. The van der Waals surface area contributed by atoms with E-state index in [2.05, 4.69) is 35.1 Å². The van der Waals surface area contributed by atoms with Crippen LogP contribution in [-0.2, 0) is 10.2 Å². The second-order valence-corrected chi connectivity index (χ2v) is 7.80. The van der Waals surface area contributed by atoms with E-state index in [0.717, 1.165) is 15.8 Å². The summed E-state index contributed by atoms with van der Waals surface area (Å²) >= 11 is 3.49. The third kappa shape index (κ3) is 3.32. The van der Waals surface area contributed by atoms with E-state index in [1.165, 1.54) is 0 Å². The number of anilines is 1. The Labute approximate surface area is 139 Å². The molecule has 0 spiro atoms. The van der Waals surface area contributed by atoms with Gasteiger partial charge in [-0.15, -0.1) is 0 Å². The van der Waals surface area contributed by atoms with E-state index in [1.807, 2.05) is 20.8 Å². The summed E-state index contributed by atoms with van der Waals surface area (Å²) in [5.74, 6) is 1.36. The number of hydrogen-bond acceptors (Lipinski definition) is 4. The lowest BCUT2D eigenvalue weighted by Crippen LogP contribution is -2.27. The molecule has 1 aliphatic heterocycles. The average molecular weight is 372 g/mol. The van der Waals surface area contributed by atoms with Crippen molar-refractivity contribution in [1.29, 1.82) is 0 Å². The molecule has 22 heavy (non-hydrogen) atoms. The first-order valence-corrected chi connectivity index (χ1v) is 7.88. The number of nitrogens with one attached hydrogen (secondary N) is 1. The predicted octanol–water partition coefficient (Wildman–Crippen LogP) is 4.47. The fourth-order valence-electron chi connectivity index (χ4n) is 2.41. The first-order chi connectivity index (χ1) is 10.0. The lowest BCUT2D eigenvalue weighted by molar-refractivity contribution is 0.0635. The molecule has 5 nitrogen and oxygen atoms in total. The molecule has 1 N–H and O–H groups in total. The summed E-state index contributed by atoms with van der Waals surface area (Å²) in [6.07, 6.45) is -0.514. The van der Waals surface area contributed by atoms with Crippen molar-refractivity contribution in [2.45, 2.75) is 45.6 Å². The molecule has 0 unspecified atom stereocenters. The molecule has 0 aliphatic carbocycles. The van der Waals surface area contributed by atoms with Gasteiger partial charge in [-0.05, 0) is 42.8 Å². The van der Waals surface area contributed by atoms with Crippen molar-refractivity contribution in [3.8, 4) is 11.5 Å². The molecule has 122 valence electrons. The Balaban J connectivity index is 2.41. The second kappa shape index (κ2) is 5.65. The minimum Gasteiger partial charge on any atom is -0.495 e. The Kier molecular flexibility index (Phi) is 4.35. The quantitative estimate of drug-likeness (QED) is 0.832. The van der Waals surface area contributed by atoms with Gasteiger partial charge in [0.1, 0.15) is 11.4 Å². The van der Waals surface area contributed by atoms with Crippen molar-refractivity contribution < 1.29 is 19.0 Å². The smallest absolute Gasteiger partial charge is 0.412 e. The highest BCUT2D eigenvalue weighted by Gasteiger charge is 2.38. The molecule has 0 saturated carbocycles. The predicted molar refractivity (Wildman–Crippen MR) is 89.1 cm³/mol. The van der Waals surface area contributed by atoms with Crippen LogP contribution in [0.2, 0.25) is 0 Å². The van der Waals surface area contributed by atoms with Crippen LogP contribution < -0.4 is 14.8 Å². The largest absolute Gasteiger partial charge is 0.495 e. The number of ether oxygens (including phenoxy) is 3. The van der Waals surface area contributed by atoms with Crippen LogP contribution in [0.1, 0.15) is 40.2 Å². The number of methoxy groups -OCH3 is 1. The van der Waals surface area contributed by atoms with Gasteiger partial charge < -0.3 is 14.2 Å². The monoisotopic (exact) mass is 371 g/mol. The van der Waals surface area contributed by atoms with E-state index < -0.39 is 11.7 Å². The van der Waals surface area contributed by atoms with Gasteiger partial charge in [-0.25, -0.2) is 4.79 Å². The first kappa shape index (κ1) is 16.9. The Morgan fingerprint density at radius 2 is 2.05 bits per heavy atom. The minimum absolute atomic E-state index is 0.200. The molecule has 2 rings (SSSR count). The summed E-state index contributed by atoms with van der Waals surface area (Å²) in [4.78, 5) is 12.0. The maximum Gasteiger partial charge on any atom is 0.412 e. The summed E-state index contributed by atoms with van der Waals surface area (Å²) in [5, 5.41) is 2.76. The van der Waals surface area contributed by atoms with E-state index in [-0.39, 0.29) is 5.41 Å². The zero-order chi connectivity index (χ0) is 16.7. The van der Waals surface area contributed by atoms with Crippen molar-refractivity contribution in [1.82, 2.24) is 0 Å². The normalized spacial score (nSPS) is 15.8. The van der Waals surface area contributed by atoms with E-state index in [0.29, 0.717) is 18.0 Å². The molecule has 6 heteroatoms. The van der Waals surface area contributed by atoms with Gasteiger partial charge in [-0.2, -0.15) is 0 Å². The number of fused-ring (bicyclic) bond motifs is 1. The van der Waals surface area contributed by atoms with Crippen LogP contribution >= 0.6 is 15.9 Å². The van der Waals surface area contributed by atoms with Gasteiger partial charge in [-0.1, -0.05) is 13.8 Å². The number of carbonyl (C=O) groups is 1. The van der Waals surface area contributed by atoms with Crippen LogP contribution in [0.15, 0.2) is 10.5 Å². The van der Waals surface area contributed by atoms with Crippen LogP contribution in [-0.4, -0.2) is 25.4 Å². The standard InChI is InChI=1S/C16H22BrNO4/c1-15(2,3)22-14(19)18-10-7-9(17)12(20-6)11-13(10)21-8-16(11,4)5/h7H,8H2,1-6H3,(H,18,19). The topological polar surface area (TPSA) is 56.8 Å². The van der Waals surface area contributed by atoms with E-state index >= 15 is 0 Å². The Morgan fingerprint density at radius 1 is 1.41 bits per heavy atom. The fourth-order valence-corrected chi connectivity index (χ4v) is 3.00.